The predicted molar refractivity (Wildman–Crippen MR) is 91.5 cm³/mol. The fourth-order valence-corrected chi connectivity index (χ4v) is 5.70. The van der Waals surface area contributed by atoms with Crippen molar-refractivity contribution in [2.24, 2.45) is 22.7 Å². The Kier molecular flexibility index (Phi) is 4.04. The van der Waals surface area contributed by atoms with Crippen LogP contribution < -0.4 is 0 Å². The summed E-state index contributed by atoms with van der Waals surface area (Å²) in [6, 6.07) is 0. The SMILES string of the molecule is C[C@@H]1CC[C@@]23COC(=O)C2=C[C@H](O)C[C@@H]3[C@@]1(C)CCC1=C[C@H](O)OC1=O. The minimum Gasteiger partial charge on any atom is -0.461 e. The summed E-state index contributed by atoms with van der Waals surface area (Å²) in [4.78, 5) is 24.1. The topological polar surface area (TPSA) is 93.1 Å². The molecule has 2 fully saturated rings. The van der Waals surface area contributed by atoms with Gasteiger partial charge in [-0.25, -0.2) is 9.59 Å². The van der Waals surface area contributed by atoms with Crippen molar-refractivity contribution in [3.8, 4) is 0 Å². The second-order valence-electron chi connectivity index (χ2n) is 8.60. The molecule has 6 heteroatoms. The molecular weight excluding hydrogens is 336 g/mol. The summed E-state index contributed by atoms with van der Waals surface area (Å²) in [5.41, 5.74) is 0.689. The first-order chi connectivity index (χ1) is 12.3. The lowest BCUT2D eigenvalue weighted by molar-refractivity contribution is -0.151. The normalized spacial score (nSPS) is 44.6. The monoisotopic (exact) mass is 362 g/mol. The van der Waals surface area contributed by atoms with Crippen molar-refractivity contribution in [2.75, 3.05) is 6.61 Å². The van der Waals surface area contributed by atoms with Gasteiger partial charge in [-0.3, -0.25) is 0 Å². The lowest BCUT2D eigenvalue weighted by Crippen LogP contribution is -2.53. The van der Waals surface area contributed by atoms with Crippen LogP contribution in [0.3, 0.4) is 0 Å². The van der Waals surface area contributed by atoms with Crippen LogP contribution in [0.2, 0.25) is 0 Å². The number of hydrogen-bond acceptors (Lipinski definition) is 6. The van der Waals surface area contributed by atoms with Crippen LogP contribution in [0.25, 0.3) is 0 Å². The number of aliphatic hydroxyl groups is 2. The number of rotatable bonds is 3. The Morgan fingerprint density at radius 2 is 2.00 bits per heavy atom. The standard InChI is InChI=1S/C20H26O6/c1-11-3-6-20-10-25-18(24)14(20)8-13(21)9-15(20)19(11,2)5-4-12-7-16(22)26-17(12)23/h7-8,11,13,15-16,21-22H,3-6,9-10H2,1-2H3/t11-,13+,15-,16-,19+,20-/m1/s1. The highest BCUT2D eigenvalue weighted by molar-refractivity contribution is 5.93. The van der Waals surface area contributed by atoms with Crippen molar-refractivity contribution in [1.82, 2.24) is 0 Å². The van der Waals surface area contributed by atoms with Gasteiger partial charge in [0.05, 0.1) is 6.10 Å². The molecule has 142 valence electrons. The van der Waals surface area contributed by atoms with E-state index in [1.54, 1.807) is 6.08 Å². The molecule has 0 aromatic rings. The summed E-state index contributed by atoms with van der Waals surface area (Å²) in [6.07, 6.45) is 5.10. The highest BCUT2D eigenvalue weighted by atomic mass is 16.6. The van der Waals surface area contributed by atoms with E-state index in [9.17, 15) is 19.8 Å². The van der Waals surface area contributed by atoms with E-state index in [0.29, 0.717) is 36.5 Å². The van der Waals surface area contributed by atoms with E-state index in [1.165, 1.54) is 6.08 Å². The second-order valence-corrected chi connectivity index (χ2v) is 8.60. The van der Waals surface area contributed by atoms with E-state index in [-0.39, 0.29) is 22.7 Å². The summed E-state index contributed by atoms with van der Waals surface area (Å²) >= 11 is 0. The van der Waals surface area contributed by atoms with Crippen LogP contribution >= 0.6 is 0 Å². The number of cyclic esters (lactones) is 2. The number of aliphatic hydroxyl groups excluding tert-OH is 2. The van der Waals surface area contributed by atoms with E-state index >= 15 is 0 Å². The molecule has 6 nitrogen and oxygen atoms in total. The van der Waals surface area contributed by atoms with E-state index < -0.39 is 18.4 Å². The fourth-order valence-electron chi connectivity index (χ4n) is 5.70. The third-order valence-corrected chi connectivity index (χ3v) is 7.43. The molecular formula is C20H26O6. The van der Waals surface area contributed by atoms with Crippen LogP contribution in [0.4, 0.5) is 0 Å². The molecule has 1 saturated heterocycles. The van der Waals surface area contributed by atoms with Gasteiger partial charge in [-0.05, 0) is 61.5 Å². The maximum atomic E-state index is 12.2. The van der Waals surface area contributed by atoms with Crippen LogP contribution in [0.15, 0.2) is 23.3 Å². The zero-order valence-corrected chi connectivity index (χ0v) is 15.2. The molecule has 4 rings (SSSR count). The second kappa shape index (κ2) is 5.92. The lowest BCUT2D eigenvalue weighted by atomic mass is 9.46. The summed E-state index contributed by atoms with van der Waals surface area (Å²) in [5, 5.41) is 19.9. The van der Waals surface area contributed by atoms with Gasteiger partial charge >= 0.3 is 11.9 Å². The van der Waals surface area contributed by atoms with Gasteiger partial charge in [0.2, 0.25) is 6.29 Å². The van der Waals surface area contributed by atoms with E-state index in [0.717, 1.165) is 19.3 Å². The Morgan fingerprint density at radius 3 is 2.69 bits per heavy atom. The number of esters is 2. The molecule has 0 amide bonds. The zero-order chi connectivity index (χ0) is 18.7. The Balaban J connectivity index is 1.64. The molecule has 4 aliphatic rings. The van der Waals surface area contributed by atoms with Crippen LogP contribution in [-0.4, -0.2) is 41.2 Å². The Labute approximate surface area is 152 Å². The average molecular weight is 362 g/mol. The van der Waals surface area contributed by atoms with Crippen molar-refractivity contribution >= 4 is 11.9 Å². The average Bonchev–Trinajstić information content (AvgIpc) is 3.09. The number of carbonyl (C=O) groups is 2. The van der Waals surface area contributed by atoms with Gasteiger partial charge in [0.1, 0.15) is 6.61 Å². The summed E-state index contributed by atoms with van der Waals surface area (Å²) in [5.74, 6) is -0.245. The number of ether oxygens (including phenoxy) is 2. The van der Waals surface area contributed by atoms with Crippen LogP contribution in [-0.2, 0) is 19.1 Å². The van der Waals surface area contributed by atoms with Gasteiger partial charge in [-0.15, -0.1) is 0 Å². The van der Waals surface area contributed by atoms with Crippen LogP contribution in [0.1, 0.15) is 46.0 Å². The van der Waals surface area contributed by atoms with Gasteiger partial charge in [-0.2, -0.15) is 0 Å². The zero-order valence-electron chi connectivity index (χ0n) is 15.2. The van der Waals surface area contributed by atoms with Crippen molar-refractivity contribution in [3.63, 3.8) is 0 Å². The molecule has 1 saturated carbocycles. The van der Waals surface area contributed by atoms with Crippen molar-refractivity contribution in [1.29, 1.82) is 0 Å². The largest absolute Gasteiger partial charge is 0.461 e. The van der Waals surface area contributed by atoms with E-state index in [2.05, 4.69) is 13.8 Å². The van der Waals surface area contributed by atoms with Crippen LogP contribution in [0, 0.1) is 22.7 Å². The maximum Gasteiger partial charge on any atom is 0.336 e. The van der Waals surface area contributed by atoms with Gasteiger partial charge in [0.25, 0.3) is 0 Å². The van der Waals surface area contributed by atoms with E-state index in [1.807, 2.05) is 0 Å². The molecule has 0 aromatic heterocycles. The minimum absolute atomic E-state index is 0.114. The Bertz CT molecular complexity index is 709. The first-order valence-electron chi connectivity index (χ1n) is 9.43. The highest BCUT2D eigenvalue weighted by Crippen LogP contribution is 2.64. The van der Waals surface area contributed by atoms with Gasteiger partial charge in [0, 0.05) is 16.6 Å². The first kappa shape index (κ1) is 17.7. The van der Waals surface area contributed by atoms with Crippen molar-refractivity contribution in [2.45, 2.75) is 58.3 Å². The molecule has 1 spiro atoms. The molecule has 2 aliphatic heterocycles. The number of carbonyl (C=O) groups excluding carboxylic acids is 2. The molecule has 2 N–H and O–H groups in total. The highest BCUT2D eigenvalue weighted by Gasteiger charge is 2.61. The molecule has 2 heterocycles. The lowest BCUT2D eigenvalue weighted by Gasteiger charge is -2.57. The van der Waals surface area contributed by atoms with Gasteiger partial charge in [0.15, 0.2) is 0 Å². The first-order valence-corrected chi connectivity index (χ1v) is 9.43. The Morgan fingerprint density at radius 1 is 1.23 bits per heavy atom. The quantitative estimate of drug-likeness (QED) is 0.745. The number of hydrogen-bond donors (Lipinski definition) is 2. The molecule has 2 aliphatic carbocycles. The molecule has 0 aromatic carbocycles. The van der Waals surface area contributed by atoms with E-state index in [4.69, 9.17) is 9.47 Å². The third kappa shape index (κ3) is 2.46. The summed E-state index contributed by atoms with van der Waals surface area (Å²) in [6.45, 7) is 4.81. The molecule has 6 atom stereocenters. The molecule has 26 heavy (non-hydrogen) atoms. The summed E-state index contributed by atoms with van der Waals surface area (Å²) in [7, 11) is 0. The molecule has 0 unspecified atom stereocenters. The van der Waals surface area contributed by atoms with Crippen molar-refractivity contribution in [3.05, 3.63) is 23.3 Å². The smallest absolute Gasteiger partial charge is 0.336 e. The predicted octanol–water partition coefficient (Wildman–Crippen LogP) is 1.85. The van der Waals surface area contributed by atoms with Crippen LogP contribution in [0.5, 0.6) is 0 Å². The van der Waals surface area contributed by atoms with Gasteiger partial charge in [-0.1, -0.05) is 13.8 Å². The fraction of sp³-hybridized carbons (Fsp3) is 0.700. The molecule has 0 bridgehead atoms. The van der Waals surface area contributed by atoms with Crippen molar-refractivity contribution < 1.29 is 29.3 Å². The Hall–Kier alpha value is -1.66. The summed E-state index contributed by atoms with van der Waals surface area (Å²) < 4.78 is 10.2. The molecule has 0 radical (unpaired) electrons. The van der Waals surface area contributed by atoms with Gasteiger partial charge < -0.3 is 19.7 Å². The minimum atomic E-state index is -1.15. The third-order valence-electron chi connectivity index (χ3n) is 7.43. The maximum absolute atomic E-state index is 12.2.